The van der Waals surface area contributed by atoms with Gasteiger partial charge in [0, 0.05) is 13.1 Å². The van der Waals surface area contributed by atoms with E-state index < -0.39 is 6.10 Å². The van der Waals surface area contributed by atoms with Crippen molar-refractivity contribution in [3.8, 4) is 0 Å². The minimum absolute atomic E-state index is 0.0828. The first-order valence-electron chi connectivity index (χ1n) is 8.85. The number of amides is 1. The molecule has 2 unspecified atom stereocenters. The van der Waals surface area contributed by atoms with Crippen molar-refractivity contribution in [2.75, 3.05) is 19.7 Å². The lowest BCUT2D eigenvalue weighted by Crippen LogP contribution is -2.38. The van der Waals surface area contributed by atoms with Gasteiger partial charge >= 0.3 is 0 Å². The molecular formula is C19H29NO3. The summed E-state index contributed by atoms with van der Waals surface area (Å²) in [7, 11) is 0. The zero-order chi connectivity index (χ0) is 16.5. The van der Waals surface area contributed by atoms with E-state index >= 15 is 0 Å². The van der Waals surface area contributed by atoms with Gasteiger partial charge in [0.1, 0.15) is 0 Å². The lowest BCUT2D eigenvalue weighted by Gasteiger charge is -2.30. The number of hydrogen-bond donors (Lipinski definition) is 2. The molecule has 2 N–H and O–H groups in total. The van der Waals surface area contributed by atoms with Crippen molar-refractivity contribution in [2.45, 2.75) is 57.0 Å². The van der Waals surface area contributed by atoms with E-state index in [0.717, 1.165) is 50.8 Å². The van der Waals surface area contributed by atoms with Crippen LogP contribution in [-0.2, 0) is 4.79 Å². The Morgan fingerprint density at radius 1 is 1.04 bits per heavy atom. The number of hydrogen-bond acceptors (Lipinski definition) is 3. The van der Waals surface area contributed by atoms with Crippen LogP contribution in [0.1, 0.15) is 56.4 Å². The molecule has 0 saturated carbocycles. The van der Waals surface area contributed by atoms with Gasteiger partial charge in [-0.25, -0.2) is 0 Å². The molecule has 4 nitrogen and oxygen atoms in total. The van der Waals surface area contributed by atoms with Crippen LogP contribution in [0.2, 0.25) is 0 Å². The van der Waals surface area contributed by atoms with E-state index in [-0.39, 0.29) is 18.4 Å². The van der Waals surface area contributed by atoms with E-state index in [0.29, 0.717) is 6.42 Å². The van der Waals surface area contributed by atoms with E-state index in [9.17, 15) is 9.90 Å². The summed E-state index contributed by atoms with van der Waals surface area (Å²) in [6, 6.07) is 10.0. The van der Waals surface area contributed by atoms with Crippen LogP contribution in [0.15, 0.2) is 30.3 Å². The molecule has 1 fully saturated rings. The molecule has 1 saturated heterocycles. The molecule has 1 aliphatic heterocycles. The second kappa shape index (κ2) is 9.68. The minimum atomic E-state index is -0.636. The van der Waals surface area contributed by atoms with Gasteiger partial charge in [-0.1, -0.05) is 43.2 Å². The first-order chi connectivity index (χ1) is 11.2. The Kier molecular flexibility index (Phi) is 7.56. The predicted octanol–water partition coefficient (Wildman–Crippen LogP) is 2.70. The van der Waals surface area contributed by atoms with Crippen LogP contribution in [-0.4, -0.2) is 46.8 Å². The molecule has 0 bridgehead atoms. The summed E-state index contributed by atoms with van der Waals surface area (Å²) in [6.45, 7) is 1.58. The molecule has 2 atom stereocenters. The third-order valence-electron chi connectivity index (χ3n) is 4.66. The Morgan fingerprint density at radius 3 is 2.35 bits per heavy atom. The number of carbonyl (C=O) groups is 1. The predicted molar refractivity (Wildman–Crippen MR) is 91.2 cm³/mol. The summed E-state index contributed by atoms with van der Waals surface area (Å²) in [5.41, 5.74) is 1.09. The molecule has 1 aromatic rings. The molecule has 0 aliphatic carbocycles. The van der Waals surface area contributed by atoms with Crippen LogP contribution in [0.4, 0.5) is 0 Å². The number of benzene rings is 1. The highest BCUT2D eigenvalue weighted by Gasteiger charge is 2.26. The van der Waals surface area contributed by atoms with Gasteiger partial charge < -0.3 is 15.1 Å². The maximum atomic E-state index is 12.9. The largest absolute Gasteiger partial charge is 0.394 e. The SMILES string of the molecule is O=C(C(CCCCC(O)CO)c1ccccc1)N1CCCCC1. The number of likely N-dealkylation sites (tertiary alicyclic amines) is 1. The van der Waals surface area contributed by atoms with E-state index in [2.05, 4.69) is 0 Å². The molecule has 1 amide bonds. The molecule has 1 aromatic carbocycles. The van der Waals surface area contributed by atoms with Crippen LogP contribution in [0, 0.1) is 0 Å². The zero-order valence-corrected chi connectivity index (χ0v) is 13.9. The monoisotopic (exact) mass is 319 g/mol. The summed E-state index contributed by atoms with van der Waals surface area (Å²) in [4.78, 5) is 14.9. The highest BCUT2D eigenvalue weighted by Crippen LogP contribution is 2.26. The van der Waals surface area contributed by atoms with Gasteiger partial charge in [0.15, 0.2) is 0 Å². The van der Waals surface area contributed by atoms with Crippen molar-refractivity contribution >= 4 is 5.91 Å². The molecule has 0 aromatic heterocycles. The molecule has 1 heterocycles. The highest BCUT2D eigenvalue weighted by molar-refractivity contribution is 5.83. The van der Waals surface area contributed by atoms with Crippen molar-refractivity contribution < 1.29 is 15.0 Å². The Hall–Kier alpha value is -1.39. The van der Waals surface area contributed by atoms with E-state index in [1.807, 2.05) is 35.2 Å². The van der Waals surface area contributed by atoms with Gasteiger partial charge in [0.05, 0.1) is 18.6 Å². The fourth-order valence-electron chi connectivity index (χ4n) is 3.27. The third-order valence-corrected chi connectivity index (χ3v) is 4.66. The Morgan fingerprint density at radius 2 is 1.70 bits per heavy atom. The van der Waals surface area contributed by atoms with Crippen molar-refractivity contribution in [3.63, 3.8) is 0 Å². The van der Waals surface area contributed by atoms with Gasteiger partial charge in [-0.2, -0.15) is 0 Å². The lowest BCUT2D eigenvalue weighted by atomic mass is 9.91. The quantitative estimate of drug-likeness (QED) is 0.724. The molecule has 4 heteroatoms. The van der Waals surface area contributed by atoms with Gasteiger partial charge in [0.2, 0.25) is 5.91 Å². The van der Waals surface area contributed by atoms with Crippen molar-refractivity contribution in [2.24, 2.45) is 0 Å². The number of aliphatic hydroxyl groups excluding tert-OH is 2. The normalized spacial score (nSPS) is 17.7. The number of nitrogens with zero attached hydrogens (tertiary/aromatic N) is 1. The van der Waals surface area contributed by atoms with Crippen LogP contribution >= 0.6 is 0 Å². The van der Waals surface area contributed by atoms with Crippen LogP contribution in [0.5, 0.6) is 0 Å². The molecule has 0 radical (unpaired) electrons. The fourth-order valence-corrected chi connectivity index (χ4v) is 3.27. The molecular weight excluding hydrogens is 290 g/mol. The van der Waals surface area contributed by atoms with Gasteiger partial charge in [-0.05, 0) is 37.7 Å². The average molecular weight is 319 g/mol. The van der Waals surface area contributed by atoms with Crippen molar-refractivity contribution in [1.82, 2.24) is 4.90 Å². The Balaban J connectivity index is 1.96. The second-order valence-electron chi connectivity index (χ2n) is 6.47. The van der Waals surface area contributed by atoms with Crippen molar-refractivity contribution in [1.29, 1.82) is 0 Å². The highest BCUT2D eigenvalue weighted by atomic mass is 16.3. The fraction of sp³-hybridized carbons (Fsp3) is 0.632. The second-order valence-corrected chi connectivity index (χ2v) is 6.47. The molecule has 23 heavy (non-hydrogen) atoms. The number of piperidine rings is 1. The zero-order valence-electron chi connectivity index (χ0n) is 13.9. The van der Waals surface area contributed by atoms with Crippen LogP contribution in [0.3, 0.4) is 0 Å². The molecule has 2 rings (SSSR count). The van der Waals surface area contributed by atoms with Gasteiger partial charge in [-0.15, -0.1) is 0 Å². The van der Waals surface area contributed by atoms with E-state index in [1.165, 1.54) is 6.42 Å². The van der Waals surface area contributed by atoms with Gasteiger partial charge in [0.25, 0.3) is 0 Å². The topological polar surface area (TPSA) is 60.8 Å². The minimum Gasteiger partial charge on any atom is -0.394 e. The smallest absolute Gasteiger partial charge is 0.230 e. The number of aliphatic hydroxyl groups is 2. The maximum absolute atomic E-state index is 12.9. The number of unbranched alkanes of at least 4 members (excludes halogenated alkanes) is 1. The standard InChI is InChI=1S/C19H29NO3/c21-15-17(22)11-5-6-12-18(16-9-3-1-4-10-16)19(23)20-13-7-2-8-14-20/h1,3-4,9-10,17-18,21-22H,2,5-8,11-15H2. The first-order valence-corrected chi connectivity index (χ1v) is 8.85. The van der Waals surface area contributed by atoms with Crippen LogP contribution in [0.25, 0.3) is 0 Å². The molecule has 1 aliphatic rings. The molecule has 128 valence electrons. The lowest BCUT2D eigenvalue weighted by molar-refractivity contribution is -0.133. The van der Waals surface area contributed by atoms with Crippen LogP contribution < -0.4 is 0 Å². The summed E-state index contributed by atoms with van der Waals surface area (Å²) in [6.07, 6.45) is 5.91. The van der Waals surface area contributed by atoms with E-state index in [4.69, 9.17) is 5.11 Å². The Labute approximate surface area is 139 Å². The summed E-state index contributed by atoms with van der Waals surface area (Å²) in [5.74, 6) is 0.166. The van der Waals surface area contributed by atoms with Crippen molar-refractivity contribution in [3.05, 3.63) is 35.9 Å². The number of rotatable bonds is 8. The molecule has 0 spiro atoms. The maximum Gasteiger partial charge on any atom is 0.230 e. The van der Waals surface area contributed by atoms with Gasteiger partial charge in [-0.3, -0.25) is 4.79 Å². The summed E-state index contributed by atoms with van der Waals surface area (Å²) < 4.78 is 0. The van der Waals surface area contributed by atoms with E-state index in [1.54, 1.807) is 0 Å². The summed E-state index contributed by atoms with van der Waals surface area (Å²) >= 11 is 0. The summed E-state index contributed by atoms with van der Waals surface area (Å²) in [5, 5.41) is 18.3. The Bertz CT molecular complexity index is 457. The average Bonchev–Trinajstić information content (AvgIpc) is 2.62. The third kappa shape index (κ3) is 5.63. The first kappa shape index (κ1) is 18.0. The number of carbonyl (C=O) groups excluding carboxylic acids is 1.